The summed E-state index contributed by atoms with van der Waals surface area (Å²) in [5.41, 5.74) is 0.516. The molecule has 0 aliphatic carbocycles. The van der Waals surface area contributed by atoms with Crippen LogP contribution in [-0.2, 0) is 14.8 Å². The molecule has 0 saturated carbocycles. The molecule has 96 valence electrons. The molecule has 1 atom stereocenters. The van der Waals surface area contributed by atoms with Gasteiger partial charge < -0.3 is 10.1 Å². The van der Waals surface area contributed by atoms with Crippen LogP contribution in [0, 0.1) is 0 Å². The number of nitrogens with two attached hydrogens (primary N) is 1. The van der Waals surface area contributed by atoms with E-state index in [4.69, 9.17) is 21.5 Å². The van der Waals surface area contributed by atoms with Gasteiger partial charge in [-0.25, -0.2) is 13.6 Å². The smallest absolute Gasteiger partial charge is 0.238 e. The topological polar surface area (TPSA) is 81.4 Å². The lowest BCUT2D eigenvalue weighted by Gasteiger charge is -2.16. The third-order valence-corrected chi connectivity index (χ3v) is 3.33. The molecule has 1 aromatic carbocycles. The highest BCUT2D eigenvalue weighted by Crippen LogP contribution is 2.25. The second-order valence-corrected chi connectivity index (χ2v) is 5.66. The summed E-state index contributed by atoms with van der Waals surface area (Å²) in [7, 11) is -2.14. The highest BCUT2D eigenvalue weighted by Gasteiger charge is 2.12. The van der Waals surface area contributed by atoms with Gasteiger partial charge in [0, 0.05) is 13.2 Å². The van der Waals surface area contributed by atoms with Crippen LogP contribution in [-0.4, -0.2) is 28.2 Å². The normalized spacial score (nSPS) is 13.4. The SMILES string of the molecule is COCC(C)Nc1cc(S(N)(=O)=O)ccc1Cl. The molecule has 0 aromatic heterocycles. The molecule has 1 aromatic rings. The van der Waals surface area contributed by atoms with Crippen LogP contribution >= 0.6 is 11.6 Å². The fourth-order valence-electron chi connectivity index (χ4n) is 1.35. The third kappa shape index (κ3) is 4.16. The van der Waals surface area contributed by atoms with Crippen LogP contribution in [0.25, 0.3) is 0 Å². The largest absolute Gasteiger partial charge is 0.383 e. The standard InChI is InChI=1S/C10H15ClN2O3S/c1-7(6-16-2)13-10-5-8(17(12,14)15)3-4-9(10)11/h3-5,7,13H,6H2,1-2H3,(H2,12,14,15). The van der Waals surface area contributed by atoms with Crippen LogP contribution in [0.4, 0.5) is 5.69 Å². The van der Waals surface area contributed by atoms with E-state index in [1.165, 1.54) is 18.2 Å². The molecule has 0 aliphatic heterocycles. The molecular formula is C10H15ClN2O3S. The van der Waals surface area contributed by atoms with Crippen LogP contribution in [0.15, 0.2) is 23.1 Å². The quantitative estimate of drug-likeness (QED) is 0.854. The first-order chi connectivity index (χ1) is 7.84. The van der Waals surface area contributed by atoms with E-state index in [9.17, 15) is 8.42 Å². The molecule has 7 heteroatoms. The van der Waals surface area contributed by atoms with E-state index in [-0.39, 0.29) is 10.9 Å². The Balaban J connectivity index is 2.99. The van der Waals surface area contributed by atoms with E-state index in [0.717, 1.165) is 0 Å². The van der Waals surface area contributed by atoms with Gasteiger partial charge in [-0.15, -0.1) is 0 Å². The van der Waals surface area contributed by atoms with Crippen molar-refractivity contribution in [1.82, 2.24) is 0 Å². The summed E-state index contributed by atoms with van der Waals surface area (Å²) in [6.07, 6.45) is 0. The number of benzene rings is 1. The number of nitrogens with one attached hydrogen (secondary N) is 1. The zero-order chi connectivity index (χ0) is 13.1. The molecular weight excluding hydrogens is 264 g/mol. The van der Waals surface area contributed by atoms with Crippen molar-refractivity contribution in [3.05, 3.63) is 23.2 Å². The Bertz CT molecular complexity index is 490. The number of primary sulfonamides is 1. The fraction of sp³-hybridized carbons (Fsp3) is 0.400. The van der Waals surface area contributed by atoms with E-state index in [0.29, 0.717) is 17.3 Å². The lowest BCUT2D eigenvalue weighted by molar-refractivity contribution is 0.190. The Labute approximate surface area is 106 Å². The molecule has 0 spiro atoms. The maximum absolute atomic E-state index is 11.2. The first kappa shape index (κ1) is 14.2. The number of sulfonamides is 1. The number of hydrogen-bond donors (Lipinski definition) is 2. The number of ether oxygens (including phenoxy) is 1. The Hall–Kier alpha value is -0.820. The third-order valence-electron chi connectivity index (χ3n) is 2.08. The van der Waals surface area contributed by atoms with Crippen LogP contribution in [0.3, 0.4) is 0 Å². The number of methoxy groups -OCH3 is 1. The summed E-state index contributed by atoms with van der Waals surface area (Å²) in [5.74, 6) is 0. The number of rotatable bonds is 5. The summed E-state index contributed by atoms with van der Waals surface area (Å²) >= 11 is 5.95. The summed E-state index contributed by atoms with van der Waals surface area (Å²) in [6.45, 7) is 2.37. The lowest BCUT2D eigenvalue weighted by atomic mass is 10.2. The van der Waals surface area contributed by atoms with Crippen LogP contribution in [0.1, 0.15) is 6.92 Å². The van der Waals surface area contributed by atoms with Crippen molar-refractivity contribution in [3.8, 4) is 0 Å². The summed E-state index contributed by atoms with van der Waals surface area (Å²) < 4.78 is 27.3. The first-order valence-corrected chi connectivity index (χ1v) is 6.85. The monoisotopic (exact) mass is 278 g/mol. The lowest BCUT2D eigenvalue weighted by Crippen LogP contribution is -2.21. The average Bonchev–Trinajstić information content (AvgIpc) is 2.20. The molecule has 0 fully saturated rings. The molecule has 0 amide bonds. The van der Waals surface area contributed by atoms with Gasteiger partial charge in [0.1, 0.15) is 0 Å². The Morgan fingerprint density at radius 1 is 1.53 bits per heavy atom. The van der Waals surface area contributed by atoms with Crippen molar-refractivity contribution in [2.75, 3.05) is 19.0 Å². The highest BCUT2D eigenvalue weighted by molar-refractivity contribution is 7.89. The van der Waals surface area contributed by atoms with Crippen molar-refractivity contribution >= 4 is 27.3 Å². The van der Waals surface area contributed by atoms with Crippen molar-refractivity contribution in [1.29, 1.82) is 0 Å². The van der Waals surface area contributed by atoms with Gasteiger partial charge in [0.25, 0.3) is 0 Å². The zero-order valence-electron chi connectivity index (χ0n) is 9.60. The van der Waals surface area contributed by atoms with Gasteiger partial charge in [0.05, 0.1) is 22.2 Å². The van der Waals surface area contributed by atoms with E-state index in [1.54, 1.807) is 7.11 Å². The number of anilines is 1. The second-order valence-electron chi connectivity index (χ2n) is 3.69. The second kappa shape index (κ2) is 5.68. The molecule has 0 aliphatic rings. The van der Waals surface area contributed by atoms with Gasteiger partial charge in [-0.1, -0.05) is 11.6 Å². The average molecular weight is 279 g/mol. The molecule has 0 radical (unpaired) electrons. The highest BCUT2D eigenvalue weighted by atomic mass is 35.5. The minimum absolute atomic E-state index is 0.00762. The zero-order valence-corrected chi connectivity index (χ0v) is 11.2. The Morgan fingerprint density at radius 3 is 2.71 bits per heavy atom. The predicted molar refractivity (Wildman–Crippen MR) is 67.8 cm³/mol. The molecule has 0 bridgehead atoms. The Kier molecular flexibility index (Phi) is 4.76. The van der Waals surface area contributed by atoms with Crippen molar-refractivity contribution in [2.24, 2.45) is 5.14 Å². The van der Waals surface area contributed by atoms with Crippen LogP contribution < -0.4 is 10.5 Å². The van der Waals surface area contributed by atoms with E-state index in [2.05, 4.69) is 5.32 Å². The van der Waals surface area contributed by atoms with E-state index in [1.807, 2.05) is 6.92 Å². The predicted octanol–water partition coefficient (Wildman–Crippen LogP) is 1.43. The van der Waals surface area contributed by atoms with E-state index >= 15 is 0 Å². The van der Waals surface area contributed by atoms with Gasteiger partial charge in [-0.2, -0.15) is 0 Å². The molecule has 3 N–H and O–H groups in total. The Morgan fingerprint density at radius 2 is 2.18 bits per heavy atom. The first-order valence-electron chi connectivity index (χ1n) is 4.92. The van der Waals surface area contributed by atoms with Crippen LogP contribution in [0.2, 0.25) is 5.02 Å². The summed E-state index contributed by atoms with van der Waals surface area (Å²) in [6, 6.07) is 4.27. The van der Waals surface area contributed by atoms with Gasteiger partial charge >= 0.3 is 0 Å². The molecule has 17 heavy (non-hydrogen) atoms. The number of hydrogen-bond acceptors (Lipinski definition) is 4. The van der Waals surface area contributed by atoms with Crippen molar-refractivity contribution < 1.29 is 13.2 Å². The van der Waals surface area contributed by atoms with E-state index < -0.39 is 10.0 Å². The number of halogens is 1. The fourth-order valence-corrected chi connectivity index (χ4v) is 2.06. The minimum atomic E-state index is -3.72. The van der Waals surface area contributed by atoms with Gasteiger partial charge in [-0.3, -0.25) is 0 Å². The molecule has 0 heterocycles. The van der Waals surface area contributed by atoms with Crippen LogP contribution in [0.5, 0.6) is 0 Å². The summed E-state index contributed by atoms with van der Waals surface area (Å²) in [4.78, 5) is 0.0222. The van der Waals surface area contributed by atoms with Crippen molar-refractivity contribution in [2.45, 2.75) is 17.9 Å². The van der Waals surface area contributed by atoms with Gasteiger partial charge in [0.2, 0.25) is 10.0 Å². The summed E-state index contributed by atoms with van der Waals surface area (Å²) in [5, 5.41) is 8.52. The van der Waals surface area contributed by atoms with Gasteiger partial charge in [-0.05, 0) is 25.1 Å². The minimum Gasteiger partial charge on any atom is -0.383 e. The maximum atomic E-state index is 11.2. The maximum Gasteiger partial charge on any atom is 0.238 e. The van der Waals surface area contributed by atoms with Gasteiger partial charge in [0.15, 0.2) is 0 Å². The molecule has 0 saturated heterocycles. The molecule has 1 unspecified atom stereocenters. The molecule has 5 nitrogen and oxygen atoms in total. The molecule has 1 rings (SSSR count). The van der Waals surface area contributed by atoms with Crippen molar-refractivity contribution in [3.63, 3.8) is 0 Å².